The monoisotopic (exact) mass is 188 g/mol. The predicted octanol–water partition coefficient (Wildman–Crippen LogP) is 2.62. The van der Waals surface area contributed by atoms with Gasteiger partial charge in [0.15, 0.2) is 0 Å². The first kappa shape index (κ1) is 9.00. The maximum atomic E-state index is 11.2. The standard InChI is InChI=1S/C12H12O2/c13-12-9-5-4-8-11(14-12)10-6-2-1-3-7-10/h1-3,5-7,9,11H,4,8H2. The number of rotatable bonds is 1. The number of hydrogen-bond acceptors (Lipinski definition) is 2. The Morgan fingerprint density at radius 3 is 2.79 bits per heavy atom. The summed E-state index contributed by atoms with van der Waals surface area (Å²) in [6.45, 7) is 0. The van der Waals surface area contributed by atoms with E-state index >= 15 is 0 Å². The molecular weight excluding hydrogens is 176 g/mol. The molecule has 1 heterocycles. The van der Waals surface area contributed by atoms with E-state index in [0.29, 0.717) is 0 Å². The summed E-state index contributed by atoms with van der Waals surface area (Å²) >= 11 is 0. The Labute approximate surface area is 83.2 Å². The van der Waals surface area contributed by atoms with Gasteiger partial charge < -0.3 is 4.74 Å². The smallest absolute Gasteiger partial charge is 0.331 e. The number of ether oxygens (including phenoxy) is 1. The average molecular weight is 188 g/mol. The van der Waals surface area contributed by atoms with Crippen LogP contribution in [0, 0.1) is 0 Å². The van der Waals surface area contributed by atoms with E-state index in [1.807, 2.05) is 36.4 Å². The highest BCUT2D eigenvalue weighted by atomic mass is 16.5. The third kappa shape index (κ3) is 2.02. The second-order valence-corrected chi connectivity index (χ2v) is 3.32. The summed E-state index contributed by atoms with van der Waals surface area (Å²) in [5.41, 5.74) is 1.07. The van der Waals surface area contributed by atoms with Crippen molar-refractivity contribution in [2.75, 3.05) is 0 Å². The van der Waals surface area contributed by atoms with E-state index in [0.717, 1.165) is 18.4 Å². The zero-order valence-electron chi connectivity index (χ0n) is 7.85. The number of carbonyl (C=O) groups is 1. The number of hydrogen-bond donors (Lipinski definition) is 0. The van der Waals surface area contributed by atoms with E-state index < -0.39 is 0 Å². The maximum Gasteiger partial charge on any atom is 0.331 e. The first-order valence-electron chi connectivity index (χ1n) is 4.78. The van der Waals surface area contributed by atoms with Crippen molar-refractivity contribution in [3.05, 3.63) is 48.0 Å². The van der Waals surface area contributed by atoms with Gasteiger partial charge in [0.25, 0.3) is 0 Å². The molecule has 0 radical (unpaired) electrons. The fourth-order valence-corrected chi connectivity index (χ4v) is 1.57. The molecule has 0 aliphatic carbocycles. The Balaban J connectivity index is 2.16. The molecule has 0 aromatic heterocycles. The van der Waals surface area contributed by atoms with Crippen LogP contribution in [-0.4, -0.2) is 5.97 Å². The fourth-order valence-electron chi connectivity index (χ4n) is 1.57. The Hall–Kier alpha value is -1.57. The lowest BCUT2D eigenvalue weighted by atomic mass is 10.1. The van der Waals surface area contributed by atoms with E-state index in [4.69, 9.17) is 4.74 Å². The Morgan fingerprint density at radius 2 is 2.00 bits per heavy atom. The minimum atomic E-state index is -0.239. The highest BCUT2D eigenvalue weighted by Crippen LogP contribution is 2.24. The van der Waals surface area contributed by atoms with Gasteiger partial charge in [0.1, 0.15) is 6.10 Å². The highest BCUT2D eigenvalue weighted by Gasteiger charge is 2.16. The van der Waals surface area contributed by atoms with Crippen molar-refractivity contribution in [1.82, 2.24) is 0 Å². The Morgan fingerprint density at radius 1 is 1.21 bits per heavy atom. The van der Waals surface area contributed by atoms with Crippen molar-refractivity contribution in [2.24, 2.45) is 0 Å². The second-order valence-electron chi connectivity index (χ2n) is 3.32. The molecule has 0 fully saturated rings. The molecule has 0 saturated heterocycles. The summed E-state index contributed by atoms with van der Waals surface area (Å²) in [6.07, 6.45) is 5.05. The first-order chi connectivity index (χ1) is 6.86. The summed E-state index contributed by atoms with van der Waals surface area (Å²) in [4.78, 5) is 11.2. The van der Waals surface area contributed by atoms with Gasteiger partial charge >= 0.3 is 5.97 Å². The Kier molecular flexibility index (Phi) is 2.63. The lowest BCUT2D eigenvalue weighted by Gasteiger charge is -2.14. The summed E-state index contributed by atoms with van der Waals surface area (Å²) in [5, 5.41) is 0. The number of benzene rings is 1. The van der Waals surface area contributed by atoms with E-state index in [-0.39, 0.29) is 12.1 Å². The van der Waals surface area contributed by atoms with E-state index in [2.05, 4.69) is 0 Å². The molecule has 0 spiro atoms. The van der Waals surface area contributed by atoms with Crippen molar-refractivity contribution in [2.45, 2.75) is 18.9 Å². The predicted molar refractivity (Wildman–Crippen MR) is 53.6 cm³/mol. The van der Waals surface area contributed by atoms with Crippen LogP contribution in [0.3, 0.4) is 0 Å². The second kappa shape index (κ2) is 4.09. The maximum absolute atomic E-state index is 11.2. The molecule has 2 heteroatoms. The minimum absolute atomic E-state index is 0.0845. The molecule has 2 nitrogen and oxygen atoms in total. The van der Waals surface area contributed by atoms with Crippen molar-refractivity contribution >= 4 is 5.97 Å². The van der Waals surface area contributed by atoms with E-state index in [1.165, 1.54) is 6.08 Å². The molecule has 14 heavy (non-hydrogen) atoms. The van der Waals surface area contributed by atoms with Crippen LogP contribution in [-0.2, 0) is 9.53 Å². The topological polar surface area (TPSA) is 26.3 Å². The normalized spacial score (nSPS) is 21.4. The molecule has 1 atom stereocenters. The molecule has 1 aromatic carbocycles. The van der Waals surface area contributed by atoms with Crippen LogP contribution >= 0.6 is 0 Å². The summed E-state index contributed by atoms with van der Waals surface area (Å²) in [5.74, 6) is -0.239. The van der Waals surface area contributed by atoms with Gasteiger partial charge in [-0.25, -0.2) is 4.79 Å². The van der Waals surface area contributed by atoms with Crippen LogP contribution in [0.5, 0.6) is 0 Å². The number of cyclic esters (lactones) is 1. The summed E-state index contributed by atoms with van der Waals surface area (Å²) in [7, 11) is 0. The highest BCUT2D eigenvalue weighted by molar-refractivity contribution is 5.82. The third-order valence-electron chi connectivity index (χ3n) is 2.28. The molecular formula is C12H12O2. The molecule has 0 bridgehead atoms. The van der Waals surface area contributed by atoms with Crippen molar-refractivity contribution < 1.29 is 9.53 Å². The molecule has 1 aliphatic rings. The van der Waals surface area contributed by atoms with Crippen molar-refractivity contribution in [3.8, 4) is 0 Å². The lowest BCUT2D eigenvalue weighted by Crippen LogP contribution is -2.07. The minimum Gasteiger partial charge on any atom is -0.454 e. The van der Waals surface area contributed by atoms with Crippen LogP contribution in [0.4, 0.5) is 0 Å². The van der Waals surface area contributed by atoms with Crippen molar-refractivity contribution in [3.63, 3.8) is 0 Å². The van der Waals surface area contributed by atoms with Crippen LogP contribution < -0.4 is 0 Å². The van der Waals surface area contributed by atoms with Gasteiger partial charge in [0.2, 0.25) is 0 Å². The SMILES string of the molecule is O=C1C=CCCC(c2ccccc2)O1. The summed E-state index contributed by atoms with van der Waals surface area (Å²) in [6, 6.07) is 9.86. The largest absolute Gasteiger partial charge is 0.454 e. The van der Waals surface area contributed by atoms with Crippen LogP contribution in [0.2, 0.25) is 0 Å². The lowest BCUT2D eigenvalue weighted by molar-refractivity contribution is -0.143. The number of carbonyl (C=O) groups excluding carboxylic acids is 1. The molecule has 0 saturated carbocycles. The average Bonchev–Trinajstić information content (AvgIpc) is 2.44. The molecule has 2 rings (SSSR count). The van der Waals surface area contributed by atoms with Crippen molar-refractivity contribution in [1.29, 1.82) is 0 Å². The molecule has 1 aromatic rings. The Bertz CT molecular complexity index is 341. The molecule has 0 amide bonds. The fraction of sp³-hybridized carbons (Fsp3) is 0.250. The molecule has 1 unspecified atom stereocenters. The van der Waals surface area contributed by atoms with Crippen LogP contribution in [0.1, 0.15) is 24.5 Å². The van der Waals surface area contributed by atoms with Gasteiger partial charge in [-0.05, 0) is 18.4 Å². The number of esters is 1. The molecule has 0 N–H and O–H groups in total. The van der Waals surface area contributed by atoms with Crippen LogP contribution in [0.25, 0.3) is 0 Å². The molecule has 72 valence electrons. The molecule has 1 aliphatic heterocycles. The van der Waals surface area contributed by atoms with Gasteiger partial charge in [-0.15, -0.1) is 0 Å². The van der Waals surface area contributed by atoms with Gasteiger partial charge in [-0.2, -0.15) is 0 Å². The van der Waals surface area contributed by atoms with E-state index in [1.54, 1.807) is 0 Å². The zero-order chi connectivity index (χ0) is 9.80. The van der Waals surface area contributed by atoms with Gasteiger partial charge in [0, 0.05) is 6.08 Å². The third-order valence-corrected chi connectivity index (χ3v) is 2.28. The van der Waals surface area contributed by atoms with E-state index in [9.17, 15) is 4.79 Å². The van der Waals surface area contributed by atoms with Gasteiger partial charge in [-0.1, -0.05) is 36.4 Å². The van der Waals surface area contributed by atoms with Crippen LogP contribution in [0.15, 0.2) is 42.5 Å². The quantitative estimate of drug-likeness (QED) is 0.633. The first-order valence-corrected chi connectivity index (χ1v) is 4.78. The number of allylic oxidation sites excluding steroid dienone is 1. The van der Waals surface area contributed by atoms with Gasteiger partial charge in [-0.3, -0.25) is 0 Å². The zero-order valence-corrected chi connectivity index (χ0v) is 7.85. The van der Waals surface area contributed by atoms with Gasteiger partial charge in [0.05, 0.1) is 0 Å². The summed E-state index contributed by atoms with van der Waals surface area (Å²) < 4.78 is 5.27.